The molecule has 8 aromatic carbocycles. The van der Waals surface area contributed by atoms with E-state index in [1.165, 1.54) is 82.2 Å². The molecule has 0 atom stereocenters. The van der Waals surface area contributed by atoms with Crippen LogP contribution in [0.2, 0.25) is 0 Å². The Labute approximate surface area is 294 Å². The summed E-state index contributed by atoms with van der Waals surface area (Å²) >= 11 is 0. The van der Waals surface area contributed by atoms with E-state index in [9.17, 15) is 0 Å². The van der Waals surface area contributed by atoms with E-state index in [4.69, 9.17) is 0 Å². The Hall–Kier alpha value is -6.84. The molecule has 0 N–H and O–H groups in total. The van der Waals surface area contributed by atoms with Gasteiger partial charge >= 0.3 is 0 Å². The summed E-state index contributed by atoms with van der Waals surface area (Å²) in [5.41, 5.74) is 13.2. The molecule has 0 aliphatic rings. The highest BCUT2D eigenvalue weighted by Gasteiger charge is 2.21. The second-order valence-corrected chi connectivity index (χ2v) is 13.4. The number of benzene rings is 8. The number of fused-ring (bicyclic) bond motifs is 10. The summed E-state index contributed by atoms with van der Waals surface area (Å²) < 4.78 is 7.31. The largest absolute Gasteiger partial charge is 0.309 e. The van der Waals surface area contributed by atoms with Crippen LogP contribution in [-0.2, 0) is 0 Å². The van der Waals surface area contributed by atoms with E-state index in [1.54, 1.807) is 0 Å². The lowest BCUT2D eigenvalue weighted by atomic mass is 10.1. The molecule has 0 unspecified atom stereocenters. The zero-order valence-electron chi connectivity index (χ0n) is 27.7. The van der Waals surface area contributed by atoms with Gasteiger partial charge in [-0.15, -0.1) is 0 Å². The van der Waals surface area contributed by atoms with E-state index in [2.05, 4.69) is 202 Å². The summed E-state index contributed by atoms with van der Waals surface area (Å²) in [5, 5.41) is 7.51. The topological polar surface area (TPSA) is 14.8 Å². The lowest BCUT2D eigenvalue weighted by Gasteiger charge is -2.12. The van der Waals surface area contributed by atoms with E-state index >= 15 is 0 Å². The predicted octanol–water partition coefficient (Wildman–Crippen LogP) is 12.6. The van der Waals surface area contributed by atoms with Gasteiger partial charge in [0, 0.05) is 49.4 Å². The third kappa shape index (κ3) is 4.06. The van der Waals surface area contributed by atoms with Gasteiger partial charge in [0.25, 0.3) is 0 Å². The van der Waals surface area contributed by atoms with Gasteiger partial charge in [-0.3, -0.25) is 0 Å². The molecular formula is C48H31N3. The minimum absolute atomic E-state index is 1.15. The van der Waals surface area contributed by atoms with E-state index in [0.29, 0.717) is 0 Å². The molecule has 0 aliphatic carbocycles. The van der Waals surface area contributed by atoms with Crippen LogP contribution in [0.4, 0.5) is 0 Å². The SMILES string of the molecule is c1ccc(-c2ccc(-n3c4ccccc4c4c3ccc3c5ccccc5n(-c5ccc6c(c5)c5ccccc5n6-c5ccccc5)c34)cc2)cc1. The maximum atomic E-state index is 2.50. The van der Waals surface area contributed by atoms with E-state index < -0.39 is 0 Å². The molecule has 0 spiro atoms. The van der Waals surface area contributed by atoms with Crippen LogP contribution in [0.3, 0.4) is 0 Å². The Bertz CT molecular complexity index is 3110. The first-order chi connectivity index (χ1) is 25.3. The van der Waals surface area contributed by atoms with E-state index in [1.807, 2.05) is 0 Å². The smallest absolute Gasteiger partial charge is 0.0641 e. The first kappa shape index (κ1) is 28.0. The van der Waals surface area contributed by atoms with Crippen molar-refractivity contribution in [3.8, 4) is 28.2 Å². The molecule has 0 aliphatic heterocycles. The van der Waals surface area contributed by atoms with Crippen molar-refractivity contribution < 1.29 is 0 Å². The third-order valence-electron chi connectivity index (χ3n) is 10.6. The third-order valence-corrected chi connectivity index (χ3v) is 10.6. The summed E-state index contributed by atoms with van der Waals surface area (Å²) in [4.78, 5) is 0. The molecule has 3 heterocycles. The Morgan fingerprint density at radius 3 is 1.45 bits per heavy atom. The molecule has 3 heteroatoms. The van der Waals surface area contributed by atoms with Gasteiger partial charge in [-0.1, -0.05) is 121 Å². The molecule has 51 heavy (non-hydrogen) atoms. The molecule has 238 valence electrons. The normalized spacial score (nSPS) is 11.9. The zero-order chi connectivity index (χ0) is 33.5. The maximum Gasteiger partial charge on any atom is 0.0641 e. The van der Waals surface area contributed by atoms with Crippen LogP contribution in [0.15, 0.2) is 188 Å². The summed E-state index contributed by atoms with van der Waals surface area (Å²) in [5.74, 6) is 0. The monoisotopic (exact) mass is 649 g/mol. The average Bonchev–Trinajstić information content (AvgIpc) is 3.84. The molecule has 3 nitrogen and oxygen atoms in total. The van der Waals surface area contributed by atoms with Crippen LogP contribution in [0.5, 0.6) is 0 Å². The number of aromatic nitrogens is 3. The van der Waals surface area contributed by atoms with Crippen LogP contribution in [0, 0.1) is 0 Å². The lowest BCUT2D eigenvalue weighted by molar-refractivity contribution is 1.17. The summed E-state index contributed by atoms with van der Waals surface area (Å²) in [7, 11) is 0. The number of hydrogen-bond donors (Lipinski definition) is 0. The van der Waals surface area contributed by atoms with Crippen molar-refractivity contribution in [1.29, 1.82) is 0 Å². The molecule has 3 aromatic heterocycles. The molecule has 0 saturated heterocycles. The van der Waals surface area contributed by atoms with Crippen LogP contribution in [0.1, 0.15) is 0 Å². The van der Waals surface area contributed by atoms with Crippen LogP contribution in [-0.4, -0.2) is 13.7 Å². The standard InChI is InChI=1S/C48H31N3/c1-3-13-32(14-4-1)33-23-25-35(26-24-33)50-44-22-12-9-19-40(44)47-46(50)30-28-39-37-17-7-11-21-43(37)51(48(39)47)36-27-29-45-41(31-36)38-18-8-10-20-42(38)49(45)34-15-5-2-6-16-34/h1-31H. The highest BCUT2D eigenvalue weighted by atomic mass is 15.0. The first-order valence-electron chi connectivity index (χ1n) is 17.5. The van der Waals surface area contributed by atoms with E-state index in [0.717, 1.165) is 11.4 Å². The number of rotatable bonds is 4. The Morgan fingerprint density at radius 1 is 0.255 bits per heavy atom. The molecule has 0 radical (unpaired) electrons. The average molecular weight is 650 g/mol. The highest BCUT2D eigenvalue weighted by Crippen LogP contribution is 2.43. The molecular weight excluding hydrogens is 619 g/mol. The Morgan fingerprint density at radius 2 is 0.725 bits per heavy atom. The number of nitrogens with zero attached hydrogens (tertiary/aromatic N) is 3. The van der Waals surface area contributed by atoms with Crippen molar-refractivity contribution in [1.82, 2.24) is 13.7 Å². The van der Waals surface area contributed by atoms with Crippen molar-refractivity contribution in [2.45, 2.75) is 0 Å². The predicted molar refractivity (Wildman–Crippen MR) is 215 cm³/mol. The summed E-state index contributed by atoms with van der Waals surface area (Å²) in [6, 6.07) is 68.4. The van der Waals surface area contributed by atoms with Crippen molar-refractivity contribution in [2.24, 2.45) is 0 Å². The van der Waals surface area contributed by atoms with Crippen molar-refractivity contribution >= 4 is 65.4 Å². The molecule has 11 rings (SSSR count). The fraction of sp³-hybridized carbons (Fsp3) is 0. The Balaban J connectivity index is 1.21. The van der Waals surface area contributed by atoms with Crippen molar-refractivity contribution in [3.63, 3.8) is 0 Å². The van der Waals surface area contributed by atoms with Gasteiger partial charge in [-0.05, 0) is 77.9 Å². The summed E-state index contributed by atoms with van der Waals surface area (Å²) in [6.45, 7) is 0. The Kier molecular flexibility index (Phi) is 5.96. The van der Waals surface area contributed by atoms with Gasteiger partial charge in [-0.2, -0.15) is 0 Å². The molecule has 11 aromatic rings. The van der Waals surface area contributed by atoms with Crippen molar-refractivity contribution in [3.05, 3.63) is 188 Å². The van der Waals surface area contributed by atoms with Crippen LogP contribution in [0.25, 0.3) is 93.6 Å². The minimum Gasteiger partial charge on any atom is -0.309 e. The van der Waals surface area contributed by atoms with Crippen LogP contribution < -0.4 is 0 Å². The quantitative estimate of drug-likeness (QED) is 0.180. The number of para-hydroxylation sites is 4. The highest BCUT2D eigenvalue weighted by molar-refractivity contribution is 6.26. The van der Waals surface area contributed by atoms with E-state index in [-0.39, 0.29) is 0 Å². The maximum absolute atomic E-state index is 2.50. The van der Waals surface area contributed by atoms with Gasteiger partial charge in [0.05, 0.1) is 33.1 Å². The fourth-order valence-electron chi connectivity index (χ4n) is 8.44. The molecule has 0 amide bonds. The van der Waals surface area contributed by atoms with Crippen molar-refractivity contribution in [2.75, 3.05) is 0 Å². The van der Waals surface area contributed by atoms with Crippen LogP contribution >= 0.6 is 0 Å². The van der Waals surface area contributed by atoms with Gasteiger partial charge in [0.2, 0.25) is 0 Å². The molecule has 0 fully saturated rings. The van der Waals surface area contributed by atoms with Gasteiger partial charge < -0.3 is 13.7 Å². The second-order valence-electron chi connectivity index (χ2n) is 13.4. The summed E-state index contributed by atoms with van der Waals surface area (Å²) in [6.07, 6.45) is 0. The molecule has 0 bridgehead atoms. The molecule has 0 saturated carbocycles. The van der Waals surface area contributed by atoms with Gasteiger partial charge in [0.1, 0.15) is 0 Å². The lowest BCUT2D eigenvalue weighted by Crippen LogP contribution is -1.96. The number of hydrogen-bond acceptors (Lipinski definition) is 0. The van der Waals surface area contributed by atoms with Gasteiger partial charge in [0.15, 0.2) is 0 Å². The zero-order valence-corrected chi connectivity index (χ0v) is 27.7. The fourth-order valence-corrected chi connectivity index (χ4v) is 8.44. The van der Waals surface area contributed by atoms with Gasteiger partial charge in [-0.25, -0.2) is 0 Å². The minimum atomic E-state index is 1.15. The second kappa shape index (κ2) is 10.8. The first-order valence-corrected chi connectivity index (χ1v) is 17.5.